The number of aryl methyl sites for hydroxylation is 2. The summed E-state index contributed by atoms with van der Waals surface area (Å²) in [6.45, 7) is 0. The molecule has 0 aliphatic rings. The molecule has 0 fully saturated rings. The molecule has 1 N–H and O–H groups in total. The van der Waals surface area contributed by atoms with Gasteiger partial charge in [-0.15, -0.1) is 10.2 Å². The van der Waals surface area contributed by atoms with Crippen LogP contribution in [-0.2, 0) is 14.1 Å². The van der Waals surface area contributed by atoms with Gasteiger partial charge in [0.2, 0.25) is 0 Å². The van der Waals surface area contributed by atoms with Crippen LogP contribution < -0.4 is 5.32 Å². The van der Waals surface area contributed by atoms with Crippen LogP contribution >= 0.6 is 11.8 Å². The molecule has 168 valence electrons. The number of amides is 1. The van der Waals surface area contributed by atoms with Gasteiger partial charge >= 0.3 is 0 Å². The van der Waals surface area contributed by atoms with E-state index in [1.165, 1.54) is 30.6 Å². The monoisotopic (exact) mass is 467 g/mol. The molecule has 0 spiro atoms. The highest BCUT2D eigenvalue weighted by atomic mass is 32.2. The van der Waals surface area contributed by atoms with Crippen LogP contribution in [0.2, 0.25) is 0 Å². The van der Waals surface area contributed by atoms with Crippen LogP contribution in [0.15, 0.2) is 71.2 Å². The van der Waals surface area contributed by atoms with E-state index in [0.717, 1.165) is 11.8 Å². The number of nitrogens with zero attached hydrogens (tertiary/aromatic N) is 6. The zero-order valence-electron chi connectivity index (χ0n) is 17.5. The van der Waals surface area contributed by atoms with Crippen molar-refractivity contribution in [1.29, 1.82) is 0 Å². The number of hydrogen-bond acceptors (Lipinski definition) is 7. The number of halogens is 1. The van der Waals surface area contributed by atoms with Gasteiger partial charge < -0.3 is 14.5 Å². The molecule has 0 saturated carbocycles. The van der Waals surface area contributed by atoms with E-state index >= 15 is 0 Å². The van der Waals surface area contributed by atoms with E-state index < -0.39 is 22.7 Å². The van der Waals surface area contributed by atoms with E-state index in [-0.39, 0.29) is 16.8 Å². The van der Waals surface area contributed by atoms with E-state index in [1.54, 1.807) is 53.8 Å². The zero-order valence-corrected chi connectivity index (χ0v) is 18.4. The Labute approximate surface area is 191 Å². The average Bonchev–Trinajstić information content (AvgIpc) is 3.40. The van der Waals surface area contributed by atoms with Crippen molar-refractivity contribution in [3.63, 3.8) is 0 Å². The summed E-state index contributed by atoms with van der Waals surface area (Å²) in [4.78, 5) is 28.7. The summed E-state index contributed by atoms with van der Waals surface area (Å²) in [6, 6.07) is 9.29. The second-order valence-electron chi connectivity index (χ2n) is 7.09. The summed E-state index contributed by atoms with van der Waals surface area (Å²) in [6.07, 6.45) is 4.70. The number of imidazole rings is 1. The van der Waals surface area contributed by atoms with E-state index in [4.69, 9.17) is 0 Å². The third-order valence-corrected chi connectivity index (χ3v) is 6.01. The number of carbonyl (C=O) groups excluding carboxylic acids is 1. The zero-order chi connectivity index (χ0) is 23.5. The van der Waals surface area contributed by atoms with Crippen LogP contribution in [0.3, 0.4) is 0 Å². The molecule has 0 aliphatic carbocycles. The number of benzene rings is 2. The Morgan fingerprint density at radius 1 is 1.21 bits per heavy atom. The minimum atomic E-state index is -0.898. The van der Waals surface area contributed by atoms with E-state index in [9.17, 15) is 19.3 Å². The van der Waals surface area contributed by atoms with Gasteiger partial charge in [0.15, 0.2) is 5.16 Å². The fourth-order valence-electron chi connectivity index (χ4n) is 3.21. The molecular formula is C21H18FN7O3S. The maximum absolute atomic E-state index is 14.6. The number of nitro groups is 1. The highest BCUT2D eigenvalue weighted by Crippen LogP contribution is 2.34. The maximum atomic E-state index is 14.6. The summed E-state index contributed by atoms with van der Waals surface area (Å²) in [5.41, 5.74) is 0.0266. The molecule has 2 heterocycles. The maximum Gasteiger partial charge on any atom is 0.284 e. The molecule has 33 heavy (non-hydrogen) atoms. The van der Waals surface area contributed by atoms with Crippen molar-refractivity contribution in [1.82, 2.24) is 29.6 Å². The van der Waals surface area contributed by atoms with Crippen molar-refractivity contribution >= 4 is 23.4 Å². The summed E-state index contributed by atoms with van der Waals surface area (Å²) in [5, 5.41) is 22.6. The number of hydrogen-bond donors (Lipinski definition) is 1. The van der Waals surface area contributed by atoms with Gasteiger partial charge in [-0.2, -0.15) is 0 Å². The van der Waals surface area contributed by atoms with Crippen LogP contribution in [0.5, 0.6) is 0 Å². The van der Waals surface area contributed by atoms with Gasteiger partial charge in [0.05, 0.1) is 9.82 Å². The Morgan fingerprint density at radius 2 is 2.00 bits per heavy atom. The highest BCUT2D eigenvalue weighted by molar-refractivity contribution is 7.99. The minimum Gasteiger partial charge on any atom is -0.338 e. The standard InChI is InChI=1S/C21H18FN7O3S/c1-27-10-9-23-19(27)18(14-5-3-4-6-15(14)22)25-20(30)13-7-8-17(16(11-13)29(31)32)33-21-26-24-12-28(21)2/h3-12,18H,1-2H3,(H,25,30)/t18-/m1/s1. The average molecular weight is 467 g/mol. The van der Waals surface area contributed by atoms with Crippen LogP contribution in [-0.4, -0.2) is 35.1 Å². The molecule has 0 bridgehead atoms. The number of nitrogens with one attached hydrogen (secondary N) is 1. The predicted molar refractivity (Wildman–Crippen MR) is 117 cm³/mol. The molecule has 1 atom stereocenters. The predicted octanol–water partition coefficient (Wildman–Crippen LogP) is 3.27. The summed E-state index contributed by atoms with van der Waals surface area (Å²) < 4.78 is 17.9. The number of rotatable bonds is 7. The lowest BCUT2D eigenvalue weighted by atomic mass is 10.0. The smallest absolute Gasteiger partial charge is 0.284 e. The van der Waals surface area contributed by atoms with E-state index in [1.807, 2.05) is 0 Å². The lowest BCUT2D eigenvalue weighted by molar-refractivity contribution is -0.387. The fourth-order valence-corrected chi connectivity index (χ4v) is 4.06. The molecule has 1 amide bonds. The molecule has 0 aliphatic heterocycles. The van der Waals surface area contributed by atoms with Crippen molar-refractivity contribution in [2.45, 2.75) is 16.1 Å². The largest absolute Gasteiger partial charge is 0.338 e. The molecule has 10 nitrogen and oxygen atoms in total. The van der Waals surface area contributed by atoms with Gasteiger partial charge in [-0.1, -0.05) is 18.2 Å². The number of aromatic nitrogens is 5. The van der Waals surface area contributed by atoms with Gasteiger partial charge in [0, 0.05) is 43.7 Å². The second-order valence-corrected chi connectivity index (χ2v) is 8.10. The first-order chi connectivity index (χ1) is 15.8. The van der Waals surface area contributed by atoms with Crippen molar-refractivity contribution in [3.05, 3.63) is 94.1 Å². The normalized spacial score (nSPS) is 11.8. The molecule has 0 radical (unpaired) electrons. The Balaban J connectivity index is 1.67. The lowest BCUT2D eigenvalue weighted by Gasteiger charge is -2.20. The Hall–Kier alpha value is -4.06. The molecule has 12 heteroatoms. The van der Waals surface area contributed by atoms with Crippen molar-refractivity contribution in [2.75, 3.05) is 0 Å². The third-order valence-electron chi connectivity index (χ3n) is 4.90. The summed E-state index contributed by atoms with van der Waals surface area (Å²) in [7, 11) is 3.45. The van der Waals surface area contributed by atoms with Crippen LogP contribution in [0.1, 0.15) is 27.8 Å². The quantitative estimate of drug-likeness (QED) is 0.327. The summed E-state index contributed by atoms with van der Waals surface area (Å²) in [5.74, 6) is -0.700. The van der Waals surface area contributed by atoms with Gasteiger partial charge in [-0.3, -0.25) is 14.9 Å². The highest BCUT2D eigenvalue weighted by Gasteiger charge is 2.26. The molecular weight excluding hydrogens is 449 g/mol. The van der Waals surface area contributed by atoms with Crippen LogP contribution in [0, 0.1) is 15.9 Å². The SMILES string of the molecule is Cn1cnnc1Sc1ccc(C(=O)N[C@H](c2ccccc2F)c2nccn2C)cc1[N+](=O)[O-]. The molecule has 0 unspecified atom stereocenters. The fraction of sp³-hybridized carbons (Fsp3) is 0.143. The second kappa shape index (κ2) is 9.20. The Kier molecular flexibility index (Phi) is 6.18. The molecule has 4 aromatic rings. The first-order valence-corrected chi connectivity index (χ1v) is 10.5. The third kappa shape index (κ3) is 4.60. The Bertz CT molecular complexity index is 1340. The van der Waals surface area contributed by atoms with Gasteiger partial charge in [0.1, 0.15) is 24.0 Å². The van der Waals surface area contributed by atoms with Gasteiger partial charge in [0.25, 0.3) is 11.6 Å². The first kappa shape index (κ1) is 22.1. The van der Waals surface area contributed by atoms with Crippen LogP contribution in [0.4, 0.5) is 10.1 Å². The molecule has 4 rings (SSSR count). The van der Waals surface area contributed by atoms with Crippen molar-refractivity contribution < 1.29 is 14.1 Å². The molecule has 0 saturated heterocycles. The van der Waals surface area contributed by atoms with Crippen LogP contribution in [0.25, 0.3) is 0 Å². The Morgan fingerprint density at radius 3 is 2.64 bits per heavy atom. The summed E-state index contributed by atoms with van der Waals surface area (Å²) >= 11 is 1.06. The molecule has 2 aromatic heterocycles. The first-order valence-electron chi connectivity index (χ1n) is 9.68. The number of carbonyl (C=O) groups is 1. The lowest BCUT2D eigenvalue weighted by Crippen LogP contribution is -2.31. The van der Waals surface area contributed by atoms with Crippen molar-refractivity contribution in [3.8, 4) is 0 Å². The van der Waals surface area contributed by atoms with Crippen molar-refractivity contribution in [2.24, 2.45) is 14.1 Å². The minimum absolute atomic E-state index is 0.0552. The topological polar surface area (TPSA) is 121 Å². The van der Waals surface area contributed by atoms with Gasteiger partial charge in [-0.05, 0) is 30.0 Å². The van der Waals surface area contributed by atoms with E-state index in [0.29, 0.717) is 15.9 Å². The van der Waals surface area contributed by atoms with E-state index in [2.05, 4.69) is 20.5 Å². The molecule has 2 aromatic carbocycles. The number of nitro benzene ring substituents is 1. The van der Waals surface area contributed by atoms with Gasteiger partial charge in [-0.25, -0.2) is 9.37 Å².